The second-order valence-corrected chi connectivity index (χ2v) is 3.31. The first-order valence-corrected chi connectivity index (χ1v) is 4.47. The van der Waals surface area contributed by atoms with Crippen LogP contribution in [0.2, 0.25) is 0 Å². The number of rotatable bonds is 6. The maximum Gasteiger partial charge on any atom is 0.0543 e. The van der Waals surface area contributed by atoms with Crippen molar-refractivity contribution in [3.8, 4) is 0 Å². The van der Waals surface area contributed by atoms with Crippen LogP contribution in [0.25, 0.3) is 0 Å². The molecule has 0 aliphatic heterocycles. The molecule has 0 fully saturated rings. The maximum atomic E-state index is 5.17. The van der Waals surface area contributed by atoms with Crippen LogP contribution < -0.4 is 5.32 Å². The molecule has 0 aliphatic carbocycles. The molecule has 2 atom stereocenters. The maximum absolute atomic E-state index is 5.17. The van der Waals surface area contributed by atoms with Crippen molar-refractivity contribution in [2.45, 2.75) is 38.8 Å². The topological polar surface area (TPSA) is 21.3 Å². The molecule has 2 unspecified atom stereocenters. The molecule has 12 heavy (non-hydrogen) atoms. The Labute approximate surface area is 76.0 Å². The van der Waals surface area contributed by atoms with Crippen LogP contribution in [0.15, 0.2) is 12.2 Å². The first kappa shape index (κ1) is 11.7. The molecule has 0 amide bonds. The number of likely N-dealkylation sites (N-methyl/N-ethyl adjacent to an activating group) is 1. The van der Waals surface area contributed by atoms with Crippen molar-refractivity contribution < 1.29 is 4.74 Å². The third-order valence-electron chi connectivity index (χ3n) is 2.21. The van der Waals surface area contributed by atoms with Gasteiger partial charge in [-0.1, -0.05) is 12.2 Å². The van der Waals surface area contributed by atoms with Gasteiger partial charge in [0.25, 0.3) is 0 Å². The number of hydrogen-bond donors (Lipinski definition) is 1. The van der Waals surface area contributed by atoms with E-state index in [2.05, 4.69) is 25.7 Å². The lowest BCUT2D eigenvalue weighted by Crippen LogP contribution is -2.27. The summed E-state index contributed by atoms with van der Waals surface area (Å²) in [6, 6.07) is 0.433. The molecule has 0 aromatic carbocycles. The minimum Gasteiger partial charge on any atom is -0.382 e. The minimum absolute atomic E-state index is 0.347. The molecule has 0 saturated carbocycles. The summed E-state index contributed by atoms with van der Waals surface area (Å²) < 4.78 is 5.17. The van der Waals surface area contributed by atoms with Gasteiger partial charge < -0.3 is 10.1 Å². The van der Waals surface area contributed by atoms with Gasteiger partial charge in [0.1, 0.15) is 0 Å². The summed E-state index contributed by atoms with van der Waals surface area (Å²) in [4.78, 5) is 0. The monoisotopic (exact) mass is 171 g/mol. The van der Waals surface area contributed by atoms with Gasteiger partial charge in [-0.15, -0.1) is 0 Å². The quantitative estimate of drug-likeness (QED) is 0.617. The van der Waals surface area contributed by atoms with Gasteiger partial charge in [-0.05, 0) is 33.7 Å². The molecular formula is C10H21NO. The van der Waals surface area contributed by atoms with E-state index in [1.54, 1.807) is 7.11 Å². The van der Waals surface area contributed by atoms with Gasteiger partial charge in [-0.3, -0.25) is 0 Å². The van der Waals surface area contributed by atoms with Crippen molar-refractivity contribution in [3.05, 3.63) is 12.2 Å². The highest BCUT2D eigenvalue weighted by molar-refractivity contribution is 5.00. The van der Waals surface area contributed by atoms with Crippen molar-refractivity contribution in [1.82, 2.24) is 5.32 Å². The first-order valence-electron chi connectivity index (χ1n) is 4.47. The number of ether oxygens (including phenoxy) is 1. The van der Waals surface area contributed by atoms with Crippen LogP contribution >= 0.6 is 0 Å². The Kier molecular flexibility index (Phi) is 6.03. The number of methoxy groups -OCH3 is 1. The molecule has 1 N–H and O–H groups in total. The Morgan fingerprint density at radius 1 is 1.50 bits per heavy atom. The minimum atomic E-state index is 0.347. The van der Waals surface area contributed by atoms with E-state index in [9.17, 15) is 0 Å². The molecular weight excluding hydrogens is 150 g/mol. The zero-order valence-corrected chi connectivity index (χ0v) is 8.68. The zero-order chi connectivity index (χ0) is 9.56. The summed E-state index contributed by atoms with van der Waals surface area (Å²) in [5.41, 5.74) is 1.20. The van der Waals surface area contributed by atoms with E-state index in [-0.39, 0.29) is 0 Å². The Morgan fingerprint density at radius 3 is 2.42 bits per heavy atom. The molecule has 72 valence electrons. The first-order chi connectivity index (χ1) is 5.61. The normalized spacial score (nSPS) is 15.7. The smallest absolute Gasteiger partial charge is 0.0543 e. The Hall–Kier alpha value is -0.340. The molecule has 0 saturated heterocycles. The van der Waals surface area contributed by atoms with Crippen LogP contribution in [0.4, 0.5) is 0 Å². The van der Waals surface area contributed by atoms with E-state index in [4.69, 9.17) is 4.74 Å². The van der Waals surface area contributed by atoms with Crippen LogP contribution in [0.1, 0.15) is 26.7 Å². The van der Waals surface area contributed by atoms with Crippen molar-refractivity contribution in [2.75, 3.05) is 14.2 Å². The van der Waals surface area contributed by atoms with Crippen molar-refractivity contribution in [1.29, 1.82) is 0 Å². The van der Waals surface area contributed by atoms with E-state index < -0.39 is 0 Å². The van der Waals surface area contributed by atoms with Gasteiger partial charge in [0.15, 0.2) is 0 Å². The van der Waals surface area contributed by atoms with Crippen molar-refractivity contribution >= 4 is 0 Å². The second kappa shape index (κ2) is 6.21. The molecule has 0 radical (unpaired) electrons. The summed E-state index contributed by atoms with van der Waals surface area (Å²) in [6.07, 6.45) is 2.52. The third kappa shape index (κ3) is 4.52. The highest BCUT2D eigenvalue weighted by atomic mass is 16.5. The lowest BCUT2D eigenvalue weighted by atomic mass is 10.0. The zero-order valence-electron chi connectivity index (χ0n) is 8.68. The Balaban J connectivity index is 3.65. The van der Waals surface area contributed by atoms with E-state index in [0.29, 0.717) is 12.1 Å². The van der Waals surface area contributed by atoms with Gasteiger partial charge in [-0.2, -0.15) is 0 Å². The standard InChI is InChI=1S/C10H21NO/c1-8(2)10(11-4)7-6-9(3)12-5/h9-11H,1,6-7H2,2-5H3. The van der Waals surface area contributed by atoms with E-state index in [1.807, 2.05) is 7.05 Å². The predicted octanol–water partition coefficient (Wildman–Crippen LogP) is 1.97. The van der Waals surface area contributed by atoms with Gasteiger partial charge in [-0.25, -0.2) is 0 Å². The van der Waals surface area contributed by atoms with Gasteiger partial charge in [0.2, 0.25) is 0 Å². The molecule has 0 spiro atoms. The van der Waals surface area contributed by atoms with Gasteiger partial charge >= 0.3 is 0 Å². The molecule has 0 bridgehead atoms. The van der Waals surface area contributed by atoms with Gasteiger partial charge in [0, 0.05) is 13.2 Å². The number of nitrogens with one attached hydrogen (secondary N) is 1. The third-order valence-corrected chi connectivity index (χ3v) is 2.21. The molecule has 0 aromatic rings. The Morgan fingerprint density at radius 2 is 2.08 bits per heavy atom. The van der Waals surface area contributed by atoms with Crippen molar-refractivity contribution in [3.63, 3.8) is 0 Å². The molecule has 0 heterocycles. The lowest BCUT2D eigenvalue weighted by Gasteiger charge is -2.17. The fraction of sp³-hybridized carbons (Fsp3) is 0.800. The SMILES string of the molecule is C=C(C)C(CCC(C)OC)NC. The fourth-order valence-electron chi connectivity index (χ4n) is 1.16. The average Bonchev–Trinajstić information content (AvgIpc) is 2.04. The molecule has 0 rings (SSSR count). The molecule has 2 heteroatoms. The summed E-state index contributed by atoms with van der Waals surface area (Å²) in [6.45, 7) is 8.07. The fourth-order valence-corrected chi connectivity index (χ4v) is 1.16. The van der Waals surface area contributed by atoms with E-state index in [0.717, 1.165) is 12.8 Å². The van der Waals surface area contributed by atoms with Gasteiger partial charge in [0.05, 0.1) is 6.10 Å². The van der Waals surface area contributed by atoms with Crippen LogP contribution in [0.3, 0.4) is 0 Å². The predicted molar refractivity (Wildman–Crippen MR) is 53.4 cm³/mol. The molecule has 0 aromatic heterocycles. The highest BCUT2D eigenvalue weighted by Crippen LogP contribution is 2.08. The largest absolute Gasteiger partial charge is 0.382 e. The van der Waals surface area contributed by atoms with Crippen LogP contribution in [-0.2, 0) is 4.74 Å². The van der Waals surface area contributed by atoms with Crippen LogP contribution in [0, 0.1) is 0 Å². The molecule has 0 aliphatic rings. The summed E-state index contributed by atoms with van der Waals surface area (Å²) >= 11 is 0. The highest BCUT2D eigenvalue weighted by Gasteiger charge is 2.08. The van der Waals surface area contributed by atoms with Crippen LogP contribution in [-0.4, -0.2) is 26.3 Å². The Bertz CT molecular complexity index is 134. The summed E-state index contributed by atoms with van der Waals surface area (Å²) in [7, 11) is 3.72. The van der Waals surface area contributed by atoms with Crippen LogP contribution in [0.5, 0.6) is 0 Å². The van der Waals surface area contributed by atoms with Crippen molar-refractivity contribution in [2.24, 2.45) is 0 Å². The average molecular weight is 171 g/mol. The molecule has 2 nitrogen and oxygen atoms in total. The number of hydrogen-bond acceptors (Lipinski definition) is 2. The summed E-state index contributed by atoms with van der Waals surface area (Å²) in [5.74, 6) is 0. The van der Waals surface area contributed by atoms with E-state index in [1.165, 1.54) is 5.57 Å². The second-order valence-electron chi connectivity index (χ2n) is 3.31. The lowest BCUT2D eigenvalue weighted by molar-refractivity contribution is 0.107. The summed E-state index contributed by atoms with van der Waals surface area (Å²) in [5, 5.41) is 3.23. The van der Waals surface area contributed by atoms with E-state index >= 15 is 0 Å².